The van der Waals surface area contributed by atoms with Gasteiger partial charge in [-0.2, -0.15) is 0 Å². The van der Waals surface area contributed by atoms with Crippen LogP contribution in [0.25, 0.3) is 0 Å². The number of rotatable bonds is 8. The highest BCUT2D eigenvalue weighted by molar-refractivity contribution is 5.92. The first kappa shape index (κ1) is 16.9. The number of methoxy groups -OCH3 is 1. The molecule has 0 unspecified atom stereocenters. The number of amides is 1. The number of nitrogens with one attached hydrogen (secondary N) is 2. The van der Waals surface area contributed by atoms with E-state index in [-0.39, 0.29) is 12.5 Å². The number of ether oxygens (including phenoxy) is 2. The van der Waals surface area contributed by atoms with Crippen LogP contribution in [0.1, 0.15) is 5.56 Å². The van der Waals surface area contributed by atoms with E-state index in [0.717, 1.165) is 44.1 Å². The van der Waals surface area contributed by atoms with E-state index in [9.17, 15) is 4.79 Å². The molecule has 1 saturated heterocycles. The molecule has 122 valence electrons. The van der Waals surface area contributed by atoms with Gasteiger partial charge >= 0.3 is 0 Å². The maximum atomic E-state index is 12.0. The number of morpholine rings is 1. The van der Waals surface area contributed by atoms with Crippen molar-refractivity contribution in [2.45, 2.75) is 6.54 Å². The summed E-state index contributed by atoms with van der Waals surface area (Å²) in [5.41, 5.74) is 2.02. The predicted octanol–water partition coefficient (Wildman–Crippen LogP) is 0.693. The van der Waals surface area contributed by atoms with E-state index in [1.54, 1.807) is 7.11 Å². The molecule has 0 aliphatic carbocycles. The molecule has 6 heteroatoms. The molecule has 0 aromatic heterocycles. The molecule has 1 heterocycles. The topological polar surface area (TPSA) is 62.8 Å². The highest BCUT2D eigenvalue weighted by atomic mass is 16.5. The maximum Gasteiger partial charge on any atom is 0.238 e. The van der Waals surface area contributed by atoms with Gasteiger partial charge < -0.3 is 20.1 Å². The Morgan fingerprint density at radius 1 is 1.32 bits per heavy atom. The van der Waals surface area contributed by atoms with Crippen molar-refractivity contribution in [1.29, 1.82) is 0 Å². The summed E-state index contributed by atoms with van der Waals surface area (Å²) in [4.78, 5) is 14.3. The highest BCUT2D eigenvalue weighted by Gasteiger charge is 2.13. The lowest BCUT2D eigenvalue weighted by Crippen LogP contribution is -2.36. The molecule has 1 amide bonds. The van der Waals surface area contributed by atoms with E-state index in [2.05, 4.69) is 21.6 Å². The number of anilines is 1. The van der Waals surface area contributed by atoms with Crippen molar-refractivity contribution in [2.24, 2.45) is 0 Å². The van der Waals surface area contributed by atoms with Gasteiger partial charge in [-0.3, -0.25) is 9.69 Å². The third-order valence-corrected chi connectivity index (χ3v) is 3.56. The van der Waals surface area contributed by atoms with E-state index in [1.807, 2.05) is 18.2 Å². The minimum absolute atomic E-state index is 0.0365. The van der Waals surface area contributed by atoms with Crippen LogP contribution in [0.4, 0.5) is 5.69 Å². The number of para-hydroxylation sites is 1. The second-order valence-electron chi connectivity index (χ2n) is 5.26. The molecule has 1 aliphatic rings. The third kappa shape index (κ3) is 5.73. The van der Waals surface area contributed by atoms with Gasteiger partial charge in [-0.25, -0.2) is 0 Å². The maximum absolute atomic E-state index is 12.0. The first-order valence-corrected chi connectivity index (χ1v) is 7.67. The molecule has 0 atom stereocenters. The summed E-state index contributed by atoms with van der Waals surface area (Å²) in [6.45, 7) is 5.80. The van der Waals surface area contributed by atoms with Crippen LogP contribution in [0.3, 0.4) is 0 Å². The van der Waals surface area contributed by atoms with Gasteiger partial charge in [-0.1, -0.05) is 18.2 Å². The lowest BCUT2D eigenvalue weighted by Gasteiger charge is -2.27. The molecule has 2 rings (SSSR count). The van der Waals surface area contributed by atoms with Crippen LogP contribution >= 0.6 is 0 Å². The molecule has 1 aliphatic heterocycles. The van der Waals surface area contributed by atoms with Gasteiger partial charge in [0.2, 0.25) is 5.91 Å². The smallest absolute Gasteiger partial charge is 0.238 e. The van der Waals surface area contributed by atoms with Crippen molar-refractivity contribution >= 4 is 11.6 Å². The average Bonchev–Trinajstić information content (AvgIpc) is 2.54. The standard InChI is InChI=1S/C16H25N3O3/c1-21-9-6-17-12-16(20)18-15-5-3-2-4-14(15)13-19-7-10-22-11-8-19/h2-5,17H,6-13H2,1H3,(H,18,20). The largest absolute Gasteiger partial charge is 0.383 e. The molecular weight excluding hydrogens is 282 g/mol. The molecule has 0 radical (unpaired) electrons. The van der Waals surface area contributed by atoms with Crippen molar-refractivity contribution in [2.75, 3.05) is 58.4 Å². The van der Waals surface area contributed by atoms with Crippen molar-refractivity contribution in [3.8, 4) is 0 Å². The Balaban J connectivity index is 1.85. The molecule has 0 saturated carbocycles. The zero-order chi connectivity index (χ0) is 15.6. The van der Waals surface area contributed by atoms with E-state index in [0.29, 0.717) is 13.2 Å². The van der Waals surface area contributed by atoms with Crippen LogP contribution in [-0.2, 0) is 20.8 Å². The van der Waals surface area contributed by atoms with Gasteiger partial charge in [0.1, 0.15) is 0 Å². The van der Waals surface area contributed by atoms with Crippen molar-refractivity contribution in [1.82, 2.24) is 10.2 Å². The highest BCUT2D eigenvalue weighted by Crippen LogP contribution is 2.17. The zero-order valence-corrected chi connectivity index (χ0v) is 13.1. The Morgan fingerprint density at radius 2 is 2.09 bits per heavy atom. The summed E-state index contributed by atoms with van der Waals surface area (Å²) in [5.74, 6) is -0.0365. The number of carbonyl (C=O) groups excluding carboxylic acids is 1. The number of hydrogen-bond donors (Lipinski definition) is 2. The first-order chi connectivity index (χ1) is 10.8. The average molecular weight is 307 g/mol. The Bertz CT molecular complexity index is 462. The number of nitrogens with zero attached hydrogens (tertiary/aromatic N) is 1. The molecule has 22 heavy (non-hydrogen) atoms. The SMILES string of the molecule is COCCNCC(=O)Nc1ccccc1CN1CCOCC1. The monoisotopic (exact) mass is 307 g/mol. The molecular formula is C16H25N3O3. The van der Waals surface area contributed by atoms with Gasteiger partial charge in [-0.05, 0) is 11.6 Å². The molecule has 1 fully saturated rings. The van der Waals surface area contributed by atoms with Gasteiger partial charge in [0.25, 0.3) is 0 Å². The van der Waals surface area contributed by atoms with E-state index in [1.165, 1.54) is 0 Å². The quantitative estimate of drug-likeness (QED) is 0.692. The van der Waals surface area contributed by atoms with Crippen LogP contribution in [0, 0.1) is 0 Å². The Kier molecular flexibility index (Phi) is 7.32. The van der Waals surface area contributed by atoms with Crippen LogP contribution in [0.5, 0.6) is 0 Å². The molecule has 0 spiro atoms. The Hall–Kier alpha value is -1.47. The Morgan fingerprint density at radius 3 is 2.86 bits per heavy atom. The molecule has 2 N–H and O–H groups in total. The van der Waals surface area contributed by atoms with E-state index < -0.39 is 0 Å². The van der Waals surface area contributed by atoms with Gasteiger partial charge in [0.05, 0.1) is 26.4 Å². The molecule has 1 aromatic carbocycles. The number of carbonyl (C=O) groups is 1. The fourth-order valence-corrected chi connectivity index (χ4v) is 2.35. The summed E-state index contributed by atoms with van der Waals surface area (Å²) in [5, 5.41) is 6.02. The summed E-state index contributed by atoms with van der Waals surface area (Å²) in [6.07, 6.45) is 0. The van der Waals surface area contributed by atoms with Crippen LogP contribution in [0.2, 0.25) is 0 Å². The minimum atomic E-state index is -0.0365. The fourth-order valence-electron chi connectivity index (χ4n) is 2.35. The fraction of sp³-hybridized carbons (Fsp3) is 0.562. The van der Waals surface area contributed by atoms with Crippen LogP contribution < -0.4 is 10.6 Å². The normalized spacial score (nSPS) is 15.7. The van der Waals surface area contributed by atoms with Gasteiger partial charge in [0, 0.05) is 39.0 Å². The second kappa shape index (κ2) is 9.53. The molecule has 6 nitrogen and oxygen atoms in total. The van der Waals surface area contributed by atoms with Crippen molar-refractivity contribution in [3.05, 3.63) is 29.8 Å². The van der Waals surface area contributed by atoms with E-state index >= 15 is 0 Å². The van der Waals surface area contributed by atoms with Gasteiger partial charge in [0.15, 0.2) is 0 Å². The zero-order valence-electron chi connectivity index (χ0n) is 13.1. The third-order valence-electron chi connectivity index (χ3n) is 3.56. The minimum Gasteiger partial charge on any atom is -0.383 e. The second-order valence-corrected chi connectivity index (χ2v) is 5.26. The van der Waals surface area contributed by atoms with Gasteiger partial charge in [-0.15, -0.1) is 0 Å². The summed E-state index contributed by atoms with van der Waals surface area (Å²) in [7, 11) is 1.64. The first-order valence-electron chi connectivity index (χ1n) is 7.67. The van der Waals surface area contributed by atoms with Crippen molar-refractivity contribution < 1.29 is 14.3 Å². The van der Waals surface area contributed by atoms with Crippen LogP contribution in [-0.4, -0.2) is 63.9 Å². The molecule has 1 aromatic rings. The lowest BCUT2D eigenvalue weighted by molar-refractivity contribution is -0.115. The number of benzene rings is 1. The van der Waals surface area contributed by atoms with Crippen LogP contribution in [0.15, 0.2) is 24.3 Å². The van der Waals surface area contributed by atoms with E-state index in [4.69, 9.17) is 9.47 Å². The lowest BCUT2D eigenvalue weighted by atomic mass is 10.1. The van der Waals surface area contributed by atoms with Crippen molar-refractivity contribution in [3.63, 3.8) is 0 Å². The summed E-state index contributed by atoms with van der Waals surface area (Å²) in [6, 6.07) is 7.95. The Labute approximate surface area is 131 Å². The summed E-state index contributed by atoms with van der Waals surface area (Å²) >= 11 is 0. The number of hydrogen-bond acceptors (Lipinski definition) is 5. The predicted molar refractivity (Wildman–Crippen MR) is 85.9 cm³/mol. The molecule has 0 bridgehead atoms. The summed E-state index contributed by atoms with van der Waals surface area (Å²) < 4.78 is 10.3.